The molecule has 70 heavy (non-hydrogen) atoms. The van der Waals surface area contributed by atoms with E-state index in [0.29, 0.717) is 38.6 Å². The first-order valence-electron chi connectivity index (χ1n) is 25.2. The van der Waals surface area contributed by atoms with Gasteiger partial charge in [0.1, 0.15) is 48.5 Å². The van der Waals surface area contributed by atoms with Gasteiger partial charge in [0.05, 0.1) is 18.6 Å². The fourth-order valence-corrected chi connectivity index (χ4v) is 9.49. The van der Waals surface area contributed by atoms with E-state index in [9.17, 15) is 53.4 Å². The van der Waals surface area contributed by atoms with Crippen LogP contribution in [0.4, 0.5) is 0 Å². The number of ether oxygens (including phenoxy) is 2. The van der Waals surface area contributed by atoms with Crippen molar-refractivity contribution in [2.75, 3.05) is 33.7 Å². The number of likely N-dealkylation sites (tertiary alicyclic amines) is 1. The van der Waals surface area contributed by atoms with E-state index in [2.05, 4.69) is 16.0 Å². The van der Waals surface area contributed by atoms with Crippen molar-refractivity contribution in [3.63, 3.8) is 0 Å². The average Bonchev–Trinajstić information content (AvgIpc) is 3.98. The van der Waals surface area contributed by atoms with Crippen LogP contribution >= 0.6 is 0 Å². The highest BCUT2D eigenvalue weighted by molar-refractivity contribution is 5.97. The molecule has 0 spiro atoms. The molecule has 3 fully saturated rings. The number of nitrogens with zero attached hydrogens (tertiary/aromatic N) is 4. The maximum absolute atomic E-state index is 14.7. The maximum atomic E-state index is 14.7. The van der Waals surface area contributed by atoms with E-state index in [1.807, 2.05) is 27.7 Å². The Balaban J connectivity index is 2.17. The number of esters is 2. The Morgan fingerprint density at radius 3 is 2.07 bits per heavy atom. The first-order valence-corrected chi connectivity index (χ1v) is 25.2. The molecule has 0 unspecified atom stereocenters. The number of nitrogens with one attached hydrogen (secondary N) is 3. The number of rotatable bonds is 15. The third kappa shape index (κ3) is 15.8. The number of aliphatic hydroxyl groups is 2. The van der Waals surface area contributed by atoms with Crippen LogP contribution in [0, 0.1) is 23.7 Å². The number of carbonyl (C=O) groups excluding carboxylic acids is 9. The molecule has 0 aromatic heterocycles. The Morgan fingerprint density at radius 1 is 0.857 bits per heavy atom. The summed E-state index contributed by atoms with van der Waals surface area (Å²) in [7, 11) is 2.84. The second-order valence-corrected chi connectivity index (χ2v) is 20.9. The Bertz CT molecular complexity index is 1840. The Kier molecular flexibility index (Phi) is 23.0. The van der Waals surface area contributed by atoms with Crippen LogP contribution in [-0.2, 0) is 52.6 Å². The fourth-order valence-electron chi connectivity index (χ4n) is 9.49. The molecule has 21 nitrogen and oxygen atoms in total. The number of carbonyl (C=O) groups is 9. The van der Waals surface area contributed by atoms with Gasteiger partial charge in [0.15, 0.2) is 6.10 Å². The van der Waals surface area contributed by atoms with E-state index in [0.717, 1.165) is 0 Å². The zero-order valence-electron chi connectivity index (χ0n) is 43.6. The molecule has 0 radical (unpaired) electrons. The highest BCUT2D eigenvalue weighted by Gasteiger charge is 2.45. The van der Waals surface area contributed by atoms with Crippen LogP contribution in [0.3, 0.4) is 0 Å². The minimum absolute atomic E-state index is 0.0838. The van der Waals surface area contributed by atoms with E-state index in [4.69, 9.17) is 15.2 Å². The summed E-state index contributed by atoms with van der Waals surface area (Å²) >= 11 is 0. The quantitative estimate of drug-likeness (QED) is 0.0969. The smallest absolute Gasteiger partial charge is 0.329 e. The van der Waals surface area contributed by atoms with Crippen LogP contribution in [0.15, 0.2) is 0 Å². The molecule has 0 aromatic rings. The summed E-state index contributed by atoms with van der Waals surface area (Å²) < 4.78 is 11.7. The third-order valence-corrected chi connectivity index (χ3v) is 13.4. The molecule has 0 aliphatic carbocycles. The number of cyclic esters (lactones) is 2. The molecular weight excluding hydrogens is 909 g/mol. The van der Waals surface area contributed by atoms with E-state index < -0.39 is 138 Å². The molecule has 3 aliphatic rings. The van der Waals surface area contributed by atoms with Crippen molar-refractivity contribution in [3.05, 3.63) is 0 Å². The molecule has 21 heteroatoms. The van der Waals surface area contributed by atoms with Gasteiger partial charge in [-0.2, -0.15) is 0 Å². The molecule has 3 heterocycles. The predicted molar refractivity (Wildman–Crippen MR) is 258 cm³/mol. The van der Waals surface area contributed by atoms with Crippen molar-refractivity contribution in [2.45, 2.75) is 200 Å². The van der Waals surface area contributed by atoms with Crippen molar-refractivity contribution in [2.24, 2.45) is 29.4 Å². The normalized spacial score (nSPS) is 28.0. The third-order valence-electron chi connectivity index (χ3n) is 13.4. The van der Waals surface area contributed by atoms with Gasteiger partial charge >= 0.3 is 11.9 Å². The number of fused-ring (bicyclic) bond motifs is 1. The van der Waals surface area contributed by atoms with Crippen LogP contribution in [0.25, 0.3) is 0 Å². The highest BCUT2D eigenvalue weighted by Crippen LogP contribution is 2.26. The first kappa shape index (κ1) is 59.4. The van der Waals surface area contributed by atoms with Crippen molar-refractivity contribution < 1.29 is 62.8 Å². The standard InChI is InChI=1S/C49H84N8O13/c1-26(2)23-32-46(65)57-22-16-19-34(57)47(66)54(11)35(17-13-14-20-50)49(68)69-31(10)40(43(62)52-39(28(5)6)37(59)25-38(60)70-41(29(7)8)44(63)51-32)53-42(61)36(24-27(3)4)55(12)48(67)33-18-15-21-56(33)45(64)30(9)58/h26-37,39-41,58-59H,13-25,50H2,1-12H3,(H,51,63)(H,52,62)(H,53,61)/t30-,31+,32+,33+,34+,35+,36-,37+,39+,40-,41+/m1/s1. The van der Waals surface area contributed by atoms with Gasteiger partial charge in [-0.15, -0.1) is 0 Å². The van der Waals surface area contributed by atoms with Crippen LogP contribution < -0.4 is 21.7 Å². The minimum Gasteiger partial charge on any atom is -0.458 e. The Hall–Kier alpha value is -4.89. The van der Waals surface area contributed by atoms with E-state index in [1.165, 1.54) is 47.5 Å². The lowest BCUT2D eigenvalue weighted by molar-refractivity contribution is -0.163. The number of likely N-dealkylation sites (N-methyl/N-ethyl adjacent to an activating group) is 2. The number of nitrogens with two attached hydrogens (primary N) is 1. The van der Waals surface area contributed by atoms with Crippen molar-refractivity contribution in [1.82, 2.24) is 35.6 Å². The predicted octanol–water partition coefficient (Wildman–Crippen LogP) is 0.599. The molecule has 3 aliphatic heterocycles. The number of unbranched alkanes of at least 4 members (excludes halogenated alkanes) is 1. The molecule has 7 N–H and O–H groups in total. The van der Waals surface area contributed by atoms with Gasteiger partial charge < -0.3 is 61.0 Å². The zero-order valence-corrected chi connectivity index (χ0v) is 43.6. The Morgan fingerprint density at radius 2 is 1.50 bits per heavy atom. The van der Waals surface area contributed by atoms with Gasteiger partial charge in [-0.25, -0.2) is 4.79 Å². The van der Waals surface area contributed by atoms with Crippen molar-refractivity contribution in [3.8, 4) is 0 Å². The topological polar surface area (TPSA) is 288 Å². The van der Waals surface area contributed by atoms with Gasteiger partial charge in [0.2, 0.25) is 29.5 Å². The summed E-state index contributed by atoms with van der Waals surface area (Å²) in [6.07, 6.45) is -3.69. The summed E-state index contributed by atoms with van der Waals surface area (Å²) in [6.45, 7) is 17.5. The van der Waals surface area contributed by atoms with Crippen LogP contribution in [-0.4, -0.2) is 184 Å². The summed E-state index contributed by atoms with van der Waals surface area (Å²) in [6, 6.07) is -8.38. The van der Waals surface area contributed by atoms with Crippen LogP contribution in [0.5, 0.6) is 0 Å². The summed E-state index contributed by atoms with van der Waals surface area (Å²) in [5, 5.41) is 29.9. The molecule has 11 atom stereocenters. The molecule has 7 amide bonds. The molecule has 398 valence electrons. The van der Waals surface area contributed by atoms with Crippen molar-refractivity contribution >= 4 is 53.3 Å². The summed E-state index contributed by atoms with van der Waals surface area (Å²) in [4.78, 5) is 132. The first-order chi connectivity index (χ1) is 32.7. The lowest BCUT2D eigenvalue weighted by Gasteiger charge is -2.36. The molecule has 3 saturated heterocycles. The van der Waals surface area contributed by atoms with E-state index in [-0.39, 0.29) is 50.6 Å². The number of hydrogen-bond acceptors (Lipinski definition) is 14. The second-order valence-electron chi connectivity index (χ2n) is 20.9. The van der Waals surface area contributed by atoms with Crippen LogP contribution in [0.1, 0.15) is 133 Å². The summed E-state index contributed by atoms with van der Waals surface area (Å²) in [5.41, 5.74) is 5.82. The number of aliphatic hydroxyl groups excluding tert-OH is 2. The average molecular weight is 993 g/mol. The summed E-state index contributed by atoms with van der Waals surface area (Å²) in [5.74, 6) is -8.01. The molecular formula is C49H84N8O13. The number of hydrogen-bond donors (Lipinski definition) is 6. The highest BCUT2D eigenvalue weighted by atomic mass is 16.6. The van der Waals surface area contributed by atoms with E-state index in [1.54, 1.807) is 27.7 Å². The van der Waals surface area contributed by atoms with Gasteiger partial charge in [-0.05, 0) is 102 Å². The SMILES string of the molecule is CC(C)C[C@@H]1NC(=O)[C@H](C(C)C)OC(=O)C[C@H](O)[C@H](C(C)C)NC(=O)[C@H](NC(=O)[C@@H](CC(C)C)N(C)C(=O)[C@@H]2CCCN2C(=O)[C@@H](C)O)[C@H](C)OC(=O)[C@H](CCCCN)N(C)C(=O)[C@@H]2CCCN2C1=O. The van der Waals surface area contributed by atoms with Gasteiger partial charge in [0, 0.05) is 27.2 Å². The van der Waals surface area contributed by atoms with Gasteiger partial charge in [-0.1, -0.05) is 55.4 Å². The fraction of sp³-hybridized carbons (Fsp3) is 0.816. The lowest BCUT2D eigenvalue weighted by Crippen LogP contribution is -2.62. The Labute approximate surface area is 414 Å². The zero-order chi connectivity index (χ0) is 52.9. The van der Waals surface area contributed by atoms with Crippen molar-refractivity contribution in [1.29, 1.82) is 0 Å². The largest absolute Gasteiger partial charge is 0.458 e. The van der Waals surface area contributed by atoms with Gasteiger partial charge in [0.25, 0.3) is 11.8 Å². The van der Waals surface area contributed by atoms with Crippen LogP contribution in [0.2, 0.25) is 0 Å². The molecule has 0 aromatic carbocycles. The molecule has 3 rings (SSSR count). The van der Waals surface area contributed by atoms with E-state index >= 15 is 0 Å². The minimum atomic E-state index is -1.69. The number of amides is 7. The monoisotopic (exact) mass is 993 g/mol. The maximum Gasteiger partial charge on any atom is 0.329 e. The molecule has 0 bridgehead atoms. The molecule has 0 saturated carbocycles. The van der Waals surface area contributed by atoms with Gasteiger partial charge in [-0.3, -0.25) is 38.4 Å². The second kappa shape index (κ2) is 27.1. The lowest BCUT2D eigenvalue weighted by atomic mass is 9.95.